The first kappa shape index (κ1) is 14.5. The van der Waals surface area contributed by atoms with E-state index in [1.165, 1.54) is 24.4 Å². The van der Waals surface area contributed by atoms with Gasteiger partial charge in [-0.3, -0.25) is 4.98 Å². The van der Waals surface area contributed by atoms with Crippen molar-refractivity contribution in [3.8, 4) is 6.07 Å². The molecule has 6 heteroatoms. The average Bonchev–Trinajstić information content (AvgIpc) is 2.47. The summed E-state index contributed by atoms with van der Waals surface area (Å²) in [5, 5.41) is 8.93. The molecule has 2 N–H and O–H groups in total. The van der Waals surface area contributed by atoms with Crippen molar-refractivity contribution in [3.05, 3.63) is 58.7 Å². The van der Waals surface area contributed by atoms with Gasteiger partial charge in [-0.1, -0.05) is 0 Å². The Balaban J connectivity index is 2.17. The Bertz CT molecular complexity index is 738. The van der Waals surface area contributed by atoms with Crippen LogP contribution in [0.1, 0.15) is 27.2 Å². The van der Waals surface area contributed by atoms with Crippen LogP contribution in [0.5, 0.6) is 0 Å². The van der Waals surface area contributed by atoms with E-state index in [0.717, 1.165) is 6.07 Å². The lowest BCUT2D eigenvalue weighted by Crippen LogP contribution is -2.09. The van der Waals surface area contributed by atoms with Crippen LogP contribution in [-0.4, -0.2) is 11.0 Å². The lowest BCUT2D eigenvalue weighted by Gasteiger charge is -2.08. The molecule has 0 fully saturated rings. The number of pyridine rings is 1. The number of hydrogen-bond donors (Lipinski definition) is 1. The molecule has 0 aliphatic carbocycles. The number of aryl methyl sites for hydroxylation is 1. The summed E-state index contributed by atoms with van der Waals surface area (Å²) in [5.74, 6) is -1.12. The zero-order chi connectivity index (χ0) is 15.4. The number of ether oxygens (including phenoxy) is 1. The Morgan fingerprint density at radius 3 is 2.95 bits per heavy atom. The number of esters is 1. The lowest BCUT2D eigenvalue weighted by atomic mass is 10.1. The fourth-order valence-electron chi connectivity index (χ4n) is 1.77. The second-order valence-electron chi connectivity index (χ2n) is 4.39. The third-order valence-corrected chi connectivity index (χ3v) is 2.87. The van der Waals surface area contributed by atoms with Crippen molar-refractivity contribution in [2.75, 3.05) is 5.73 Å². The van der Waals surface area contributed by atoms with E-state index in [-0.39, 0.29) is 17.7 Å². The molecule has 0 bridgehead atoms. The predicted octanol–water partition coefficient (Wildman–Crippen LogP) is 2.34. The number of nitrogen functional groups attached to an aromatic ring is 1. The molecular formula is C15H12FN3O2. The van der Waals surface area contributed by atoms with Crippen LogP contribution < -0.4 is 5.73 Å². The van der Waals surface area contributed by atoms with E-state index in [1.807, 2.05) is 6.07 Å². The quantitative estimate of drug-likeness (QED) is 0.874. The summed E-state index contributed by atoms with van der Waals surface area (Å²) >= 11 is 0. The fourth-order valence-corrected chi connectivity index (χ4v) is 1.77. The van der Waals surface area contributed by atoms with Crippen LogP contribution in [-0.2, 0) is 11.3 Å². The van der Waals surface area contributed by atoms with Gasteiger partial charge in [0.2, 0.25) is 0 Å². The Morgan fingerprint density at radius 2 is 2.24 bits per heavy atom. The molecule has 0 amide bonds. The van der Waals surface area contributed by atoms with Crippen molar-refractivity contribution in [2.45, 2.75) is 13.5 Å². The number of nitriles is 1. The molecule has 0 aliphatic heterocycles. The van der Waals surface area contributed by atoms with E-state index >= 15 is 0 Å². The van der Waals surface area contributed by atoms with E-state index in [2.05, 4.69) is 4.98 Å². The second kappa shape index (κ2) is 6.01. The number of carbonyl (C=O) groups excluding carboxylic acids is 1. The molecule has 5 nitrogen and oxygen atoms in total. The Hall–Kier alpha value is -2.94. The molecule has 0 spiro atoms. The predicted molar refractivity (Wildman–Crippen MR) is 73.6 cm³/mol. The van der Waals surface area contributed by atoms with Gasteiger partial charge in [-0.2, -0.15) is 5.26 Å². The van der Waals surface area contributed by atoms with Crippen LogP contribution in [0, 0.1) is 24.1 Å². The van der Waals surface area contributed by atoms with E-state index in [1.54, 1.807) is 6.92 Å². The van der Waals surface area contributed by atoms with Gasteiger partial charge in [-0.15, -0.1) is 0 Å². The minimum absolute atomic E-state index is 0.201. The van der Waals surface area contributed by atoms with Gasteiger partial charge in [0.25, 0.3) is 0 Å². The molecule has 0 aliphatic rings. The average molecular weight is 285 g/mol. The van der Waals surface area contributed by atoms with Crippen molar-refractivity contribution in [2.24, 2.45) is 0 Å². The molecule has 2 rings (SSSR count). The van der Waals surface area contributed by atoms with Gasteiger partial charge < -0.3 is 10.5 Å². The van der Waals surface area contributed by atoms with Gasteiger partial charge >= 0.3 is 5.97 Å². The number of nitrogens with zero attached hydrogens (tertiary/aromatic N) is 2. The summed E-state index contributed by atoms with van der Waals surface area (Å²) in [6, 6.07) is 7.05. The number of carbonyl (C=O) groups is 1. The van der Waals surface area contributed by atoms with Gasteiger partial charge in [-0.25, -0.2) is 9.18 Å². The molecule has 21 heavy (non-hydrogen) atoms. The Morgan fingerprint density at radius 1 is 1.48 bits per heavy atom. The number of nitrogens with two attached hydrogens (primary N) is 1. The van der Waals surface area contributed by atoms with E-state index in [4.69, 9.17) is 15.7 Å². The molecule has 0 radical (unpaired) electrons. The van der Waals surface area contributed by atoms with Gasteiger partial charge in [-0.05, 0) is 31.2 Å². The number of rotatable bonds is 3. The minimum Gasteiger partial charge on any atom is -0.457 e. The summed E-state index contributed by atoms with van der Waals surface area (Å²) < 4.78 is 18.3. The largest absolute Gasteiger partial charge is 0.457 e. The van der Waals surface area contributed by atoms with Crippen LogP contribution >= 0.6 is 0 Å². The Labute approximate surface area is 120 Å². The lowest BCUT2D eigenvalue weighted by molar-refractivity contribution is 0.0470. The number of benzene rings is 1. The first-order valence-electron chi connectivity index (χ1n) is 6.09. The highest BCUT2D eigenvalue weighted by Crippen LogP contribution is 2.15. The standard InChI is InChI=1S/C15H12FN3O2/c1-9-14(5-13(18)7-19-9)15(20)21-8-11-4-12(16)3-2-10(11)6-17/h2-5,7H,8,18H2,1H3. The van der Waals surface area contributed by atoms with Crippen molar-refractivity contribution in [1.82, 2.24) is 4.98 Å². The molecule has 0 saturated heterocycles. The number of halogens is 1. The number of anilines is 1. The first-order chi connectivity index (χ1) is 10.0. The van der Waals surface area contributed by atoms with Crippen molar-refractivity contribution in [3.63, 3.8) is 0 Å². The summed E-state index contributed by atoms with van der Waals surface area (Å²) in [7, 11) is 0. The van der Waals surface area contributed by atoms with E-state index in [0.29, 0.717) is 16.9 Å². The smallest absolute Gasteiger partial charge is 0.340 e. The highest BCUT2D eigenvalue weighted by atomic mass is 19.1. The van der Waals surface area contributed by atoms with E-state index < -0.39 is 11.8 Å². The molecule has 2 aromatic rings. The highest BCUT2D eigenvalue weighted by Gasteiger charge is 2.13. The third-order valence-electron chi connectivity index (χ3n) is 2.87. The van der Waals surface area contributed by atoms with Crippen molar-refractivity contribution in [1.29, 1.82) is 5.26 Å². The normalized spacial score (nSPS) is 9.95. The third kappa shape index (κ3) is 3.34. The topological polar surface area (TPSA) is 89.0 Å². The fraction of sp³-hybridized carbons (Fsp3) is 0.133. The number of hydrogen-bond acceptors (Lipinski definition) is 5. The van der Waals surface area contributed by atoms with Gasteiger partial charge in [0.1, 0.15) is 12.4 Å². The monoisotopic (exact) mass is 285 g/mol. The van der Waals surface area contributed by atoms with Crippen LogP contribution in [0.2, 0.25) is 0 Å². The molecule has 0 unspecified atom stereocenters. The van der Waals surface area contributed by atoms with Gasteiger partial charge in [0.15, 0.2) is 0 Å². The zero-order valence-electron chi connectivity index (χ0n) is 11.3. The SMILES string of the molecule is Cc1ncc(N)cc1C(=O)OCc1cc(F)ccc1C#N. The molecule has 106 valence electrons. The van der Waals surface area contributed by atoms with Gasteiger partial charge in [0.05, 0.1) is 34.8 Å². The molecular weight excluding hydrogens is 273 g/mol. The maximum Gasteiger partial charge on any atom is 0.340 e. The summed E-state index contributed by atoms with van der Waals surface area (Å²) in [5.41, 5.74) is 7.20. The van der Waals surface area contributed by atoms with Crippen LogP contribution in [0.25, 0.3) is 0 Å². The number of aromatic nitrogens is 1. The Kier molecular flexibility index (Phi) is 4.14. The summed E-state index contributed by atoms with van der Waals surface area (Å²) in [6.07, 6.45) is 1.44. The summed E-state index contributed by atoms with van der Waals surface area (Å²) in [6.45, 7) is 1.45. The zero-order valence-corrected chi connectivity index (χ0v) is 11.3. The summed E-state index contributed by atoms with van der Waals surface area (Å²) in [4.78, 5) is 15.9. The molecule has 0 atom stereocenters. The van der Waals surface area contributed by atoms with E-state index in [9.17, 15) is 9.18 Å². The molecule has 1 aromatic heterocycles. The van der Waals surface area contributed by atoms with Crippen molar-refractivity contribution >= 4 is 11.7 Å². The minimum atomic E-state index is -0.625. The van der Waals surface area contributed by atoms with Gasteiger partial charge in [0, 0.05) is 5.56 Å². The van der Waals surface area contributed by atoms with Crippen LogP contribution in [0.4, 0.5) is 10.1 Å². The van der Waals surface area contributed by atoms with Crippen LogP contribution in [0.15, 0.2) is 30.5 Å². The molecule has 1 heterocycles. The maximum atomic E-state index is 13.2. The molecule has 1 aromatic carbocycles. The second-order valence-corrected chi connectivity index (χ2v) is 4.39. The maximum absolute atomic E-state index is 13.2. The van der Waals surface area contributed by atoms with Crippen molar-refractivity contribution < 1.29 is 13.9 Å². The molecule has 0 saturated carbocycles. The highest BCUT2D eigenvalue weighted by molar-refractivity contribution is 5.91. The van der Waals surface area contributed by atoms with Crippen LogP contribution in [0.3, 0.4) is 0 Å². The first-order valence-corrected chi connectivity index (χ1v) is 6.09.